The molecular weight excluding hydrogens is 333 g/mol. The van der Waals surface area contributed by atoms with Crippen LogP contribution in [0.2, 0.25) is 0 Å². The largest absolute Gasteiger partial charge is 0.396 e. The van der Waals surface area contributed by atoms with Gasteiger partial charge in [0.05, 0.1) is 0 Å². The van der Waals surface area contributed by atoms with Crippen LogP contribution in [0, 0.1) is 0 Å². The van der Waals surface area contributed by atoms with E-state index in [1.165, 1.54) is 0 Å². The van der Waals surface area contributed by atoms with Gasteiger partial charge in [0.25, 0.3) is 0 Å². The smallest absolute Gasteiger partial charge is 0.0449 e. The number of hydrogen-bond acceptors (Lipinski definition) is 2. The van der Waals surface area contributed by atoms with Crippen molar-refractivity contribution in [1.29, 1.82) is 0 Å². The number of aliphatic hydroxyl groups is 1. The Morgan fingerprint density at radius 1 is 1.29 bits per heavy atom. The van der Waals surface area contributed by atoms with E-state index in [-0.39, 0.29) is 25.1 Å². The van der Waals surface area contributed by atoms with Crippen molar-refractivity contribution >= 4 is 44.3 Å². The van der Waals surface area contributed by atoms with Gasteiger partial charge in [-0.2, -0.15) is 0 Å². The van der Waals surface area contributed by atoms with E-state index in [4.69, 9.17) is 10.8 Å². The van der Waals surface area contributed by atoms with Crippen LogP contribution in [0.5, 0.6) is 0 Å². The van der Waals surface area contributed by atoms with Crippen LogP contribution in [-0.2, 0) is 0 Å². The van der Waals surface area contributed by atoms with Crippen molar-refractivity contribution in [3.63, 3.8) is 0 Å². The molecule has 14 heavy (non-hydrogen) atoms. The fourth-order valence-corrected chi connectivity index (χ4v) is 1.69. The molecule has 0 fully saturated rings. The summed E-state index contributed by atoms with van der Waals surface area (Å²) in [6, 6.07) is 5.77. The Hall–Kier alpha value is 0.390. The van der Waals surface area contributed by atoms with Crippen LogP contribution < -0.4 is 5.73 Å². The molecule has 0 saturated carbocycles. The van der Waals surface area contributed by atoms with Crippen LogP contribution in [-0.4, -0.2) is 11.7 Å². The molecule has 1 unspecified atom stereocenters. The first-order chi connectivity index (χ1) is 6.15. The molecule has 0 bridgehead atoms. The fourth-order valence-electron chi connectivity index (χ4n) is 1.05. The van der Waals surface area contributed by atoms with Crippen molar-refractivity contribution in [3.05, 3.63) is 32.7 Å². The van der Waals surface area contributed by atoms with Crippen molar-refractivity contribution in [2.24, 2.45) is 5.73 Å². The lowest BCUT2D eigenvalue weighted by molar-refractivity contribution is 0.276. The molecule has 0 saturated heterocycles. The van der Waals surface area contributed by atoms with Crippen LogP contribution in [0.1, 0.15) is 18.0 Å². The highest BCUT2D eigenvalue weighted by atomic mass is 79.9. The molecule has 0 aliphatic heterocycles. The Morgan fingerprint density at radius 2 is 1.93 bits per heavy atom. The lowest BCUT2D eigenvalue weighted by atomic mass is 10.1. The van der Waals surface area contributed by atoms with Gasteiger partial charge in [-0.25, -0.2) is 0 Å². The molecule has 0 amide bonds. The number of hydrogen-bond donors (Lipinski definition) is 2. The Kier molecular flexibility index (Phi) is 6.99. The van der Waals surface area contributed by atoms with E-state index in [0.29, 0.717) is 6.42 Å². The molecule has 0 aliphatic carbocycles. The Bertz CT molecular complexity index is 296. The maximum Gasteiger partial charge on any atom is 0.0449 e. The Labute approximate surface area is 107 Å². The van der Waals surface area contributed by atoms with Crippen LogP contribution in [0.4, 0.5) is 0 Å². The second-order valence-electron chi connectivity index (χ2n) is 2.79. The van der Waals surface area contributed by atoms with Crippen LogP contribution in [0.15, 0.2) is 27.1 Å². The lowest BCUT2D eigenvalue weighted by Crippen LogP contribution is -2.11. The first-order valence-electron chi connectivity index (χ1n) is 3.96. The fraction of sp³-hybridized carbons (Fsp3) is 0.333. The Balaban J connectivity index is 0.00000169. The predicted octanol–water partition coefficient (Wildman–Crippen LogP) is 3.02. The number of benzene rings is 1. The van der Waals surface area contributed by atoms with Crippen molar-refractivity contribution < 1.29 is 5.11 Å². The van der Waals surface area contributed by atoms with Gasteiger partial charge < -0.3 is 10.8 Å². The number of halogens is 3. The van der Waals surface area contributed by atoms with Crippen molar-refractivity contribution in [1.82, 2.24) is 0 Å². The summed E-state index contributed by atoms with van der Waals surface area (Å²) in [5, 5.41) is 8.72. The van der Waals surface area contributed by atoms with Crippen LogP contribution in [0.25, 0.3) is 0 Å². The molecule has 0 aromatic heterocycles. The average Bonchev–Trinajstić information content (AvgIpc) is 2.10. The summed E-state index contributed by atoms with van der Waals surface area (Å²) in [6.07, 6.45) is 0.591. The normalized spacial score (nSPS) is 12.0. The van der Waals surface area contributed by atoms with Gasteiger partial charge in [0.2, 0.25) is 0 Å². The third-order valence-electron chi connectivity index (χ3n) is 1.81. The van der Waals surface area contributed by atoms with E-state index in [9.17, 15) is 0 Å². The first kappa shape index (κ1) is 14.4. The molecule has 1 aromatic rings. The van der Waals surface area contributed by atoms with Gasteiger partial charge in [-0.1, -0.05) is 6.07 Å². The van der Waals surface area contributed by atoms with Crippen molar-refractivity contribution in [3.8, 4) is 0 Å². The zero-order valence-corrected chi connectivity index (χ0v) is 11.4. The van der Waals surface area contributed by atoms with E-state index in [1.54, 1.807) is 0 Å². The molecule has 0 spiro atoms. The molecule has 1 rings (SSSR count). The summed E-state index contributed by atoms with van der Waals surface area (Å²) in [6.45, 7) is 0.120. The van der Waals surface area contributed by atoms with E-state index >= 15 is 0 Å². The van der Waals surface area contributed by atoms with Gasteiger partial charge in [-0.3, -0.25) is 0 Å². The molecule has 0 aliphatic rings. The lowest BCUT2D eigenvalue weighted by Gasteiger charge is -2.10. The second kappa shape index (κ2) is 6.80. The van der Waals surface area contributed by atoms with E-state index < -0.39 is 0 Å². The molecule has 3 N–H and O–H groups in total. The van der Waals surface area contributed by atoms with Gasteiger partial charge in [0.15, 0.2) is 0 Å². The molecular formula is C9H12Br2ClNO. The molecule has 1 atom stereocenters. The molecule has 1 aromatic carbocycles. The maximum atomic E-state index is 8.72. The number of nitrogens with two attached hydrogens (primary N) is 1. The Morgan fingerprint density at radius 3 is 2.43 bits per heavy atom. The summed E-state index contributed by atoms with van der Waals surface area (Å²) in [7, 11) is 0. The topological polar surface area (TPSA) is 46.2 Å². The van der Waals surface area contributed by atoms with Crippen molar-refractivity contribution in [2.75, 3.05) is 6.61 Å². The van der Waals surface area contributed by atoms with E-state index in [0.717, 1.165) is 14.5 Å². The minimum absolute atomic E-state index is 0. The third-order valence-corrected chi connectivity index (χ3v) is 3.69. The molecule has 0 heterocycles. The van der Waals surface area contributed by atoms with Gasteiger partial charge in [-0.15, -0.1) is 12.4 Å². The van der Waals surface area contributed by atoms with Gasteiger partial charge in [0.1, 0.15) is 0 Å². The highest BCUT2D eigenvalue weighted by Gasteiger charge is 2.06. The monoisotopic (exact) mass is 343 g/mol. The third kappa shape index (κ3) is 3.87. The highest BCUT2D eigenvalue weighted by molar-refractivity contribution is 9.13. The molecule has 0 radical (unpaired) electrons. The number of rotatable bonds is 3. The standard InChI is InChI=1S/C9H11Br2NO.ClH/c10-7-2-1-6(5-8(7)11)9(12)3-4-13;/h1-2,5,9,13H,3-4,12H2;1H. The minimum Gasteiger partial charge on any atom is -0.396 e. The molecule has 2 nitrogen and oxygen atoms in total. The molecule has 5 heteroatoms. The molecule has 80 valence electrons. The summed E-state index contributed by atoms with van der Waals surface area (Å²) in [5.41, 5.74) is 6.86. The van der Waals surface area contributed by atoms with Crippen molar-refractivity contribution in [2.45, 2.75) is 12.5 Å². The van der Waals surface area contributed by atoms with E-state index in [1.807, 2.05) is 18.2 Å². The predicted molar refractivity (Wildman–Crippen MR) is 67.7 cm³/mol. The quantitative estimate of drug-likeness (QED) is 0.885. The van der Waals surface area contributed by atoms with Gasteiger partial charge in [-0.05, 0) is 56.0 Å². The second-order valence-corrected chi connectivity index (χ2v) is 4.50. The van der Waals surface area contributed by atoms with E-state index in [2.05, 4.69) is 31.9 Å². The summed E-state index contributed by atoms with van der Waals surface area (Å²) in [5.74, 6) is 0. The average molecular weight is 345 g/mol. The van der Waals surface area contributed by atoms with Crippen LogP contribution >= 0.6 is 44.3 Å². The zero-order valence-electron chi connectivity index (χ0n) is 7.41. The van der Waals surface area contributed by atoms with Gasteiger partial charge in [0, 0.05) is 21.6 Å². The highest BCUT2D eigenvalue weighted by Crippen LogP contribution is 2.26. The number of aliphatic hydroxyl groups excluding tert-OH is 1. The SMILES string of the molecule is Cl.NC(CCO)c1ccc(Br)c(Br)c1. The minimum atomic E-state index is -0.0885. The first-order valence-corrected chi connectivity index (χ1v) is 5.55. The summed E-state index contributed by atoms with van der Waals surface area (Å²) in [4.78, 5) is 0. The summed E-state index contributed by atoms with van der Waals surface area (Å²) >= 11 is 6.78. The van der Waals surface area contributed by atoms with Gasteiger partial charge >= 0.3 is 0 Å². The zero-order chi connectivity index (χ0) is 9.84. The van der Waals surface area contributed by atoms with Crippen LogP contribution in [0.3, 0.4) is 0 Å². The summed E-state index contributed by atoms with van der Waals surface area (Å²) < 4.78 is 1.99. The maximum absolute atomic E-state index is 8.72.